The number of aryl methyl sites for hydroxylation is 1. The molecule has 0 bridgehead atoms. The Morgan fingerprint density at radius 1 is 1.25 bits per heavy atom. The van der Waals surface area contributed by atoms with Crippen molar-refractivity contribution in [2.75, 3.05) is 24.2 Å². The summed E-state index contributed by atoms with van der Waals surface area (Å²) >= 11 is 1.62. The van der Waals surface area contributed by atoms with Gasteiger partial charge in [-0.2, -0.15) is 0 Å². The number of nitrogens with zero attached hydrogens (tertiary/aromatic N) is 3. The predicted octanol–water partition coefficient (Wildman–Crippen LogP) is 2.99. The van der Waals surface area contributed by atoms with Crippen LogP contribution in [0, 0.1) is 6.92 Å². The van der Waals surface area contributed by atoms with Crippen LogP contribution >= 0.6 is 11.8 Å². The van der Waals surface area contributed by atoms with Crippen molar-refractivity contribution in [3.63, 3.8) is 0 Å². The molecule has 0 unspecified atom stereocenters. The van der Waals surface area contributed by atoms with Crippen LogP contribution in [0.15, 0.2) is 41.7 Å². The van der Waals surface area contributed by atoms with Gasteiger partial charge in [-0.1, -0.05) is 12.1 Å². The maximum Gasteiger partial charge on any atom is 0.137 e. The second-order valence-corrected chi connectivity index (χ2v) is 5.38. The lowest BCUT2D eigenvalue weighted by atomic mass is 10.2. The average Bonchev–Trinajstić information content (AvgIpc) is 2.48. The lowest BCUT2D eigenvalue weighted by Gasteiger charge is -2.24. The molecule has 4 nitrogen and oxygen atoms in total. The highest BCUT2D eigenvalue weighted by Gasteiger charge is 2.11. The third-order valence-corrected chi connectivity index (χ3v) is 3.65. The van der Waals surface area contributed by atoms with Crippen LogP contribution in [-0.2, 0) is 0 Å². The van der Waals surface area contributed by atoms with Crippen molar-refractivity contribution in [3.05, 3.63) is 42.2 Å². The Hall–Kier alpha value is -1.59. The van der Waals surface area contributed by atoms with E-state index >= 15 is 0 Å². The smallest absolute Gasteiger partial charge is 0.137 e. The van der Waals surface area contributed by atoms with E-state index in [0.717, 1.165) is 29.5 Å². The Bertz CT molecular complexity index is 559. The Morgan fingerprint density at radius 2 is 2.10 bits per heavy atom. The van der Waals surface area contributed by atoms with Gasteiger partial charge < -0.3 is 10.6 Å². The number of anilines is 2. The maximum absolute atomic E-state index is 5.66. The van der Waals surface area contributed by atoms with E-state index in [1.165, 1.54) is 5.56 Å². The zero-order valence-corrected chi connectivity index (χ0v) is 12.7. The third-order valence-electron chi connectivity index (χ3n) is 3.01. The molecule has 0 spiro atoms. The van der Waals surface area contributed by atoms with Crippen LogP contribution in [0.4, 0.5) is 11.5 Å². The molecule has 0 amide bonds. The first-order chi connectivity index (χ1) is 9.74. The van der Waals surface area contributed by atoms with Gasteiger partial charge in [0.1, 0.15) is 17.2 Å². The highest BCUT2D eigenvalue weighted by molar-refractivity contribution is 7.98. The van der Waals surface area contributed by atoms with E-state index in [0.29, 0.717) is 6.54 Å². The fraction of sp³-hybridized carbons (Fsp3) is 0.333. The summed E-state index contributed by atoms with van der Waals surface area (Å²) in [6.07, 6.45) is 4.56. The number of nitrogens with two attached hydrogens (primary N) is 1. The third kappa shape index (κ3) is 3.71. The van der Waals surface area contributed by atoms with Crippen LogP contribution in [0.25, 0.3) is 0 Å². The SMILES string of the molecule is CSc1cc(N(CCCN)c2cccc(C)c2)ncn1. The number of hydrogen-bond acceptors (Lipinski definition) is 5. The summed E-state index contributed by atoms with van der Waals surface area (Å²) in [5, 5.41) is 0.973. The van der Waals surface area contributed by atoms with E-state index in [1.807, 2.05) is 12.3 Å². The van der Waals surface area contributed by atoms with Gasteiger partial charge in [-0.25, -0.2) is 9.97 Å². The average molecular weight is 288 g/mol. The van der Waals surface area contributed by atoms with E-state index in [4.69, 9.17) is 5.73 Å². The Kier molecular flexibility index (Phi) is 5.38. The van der Waals surface area contributed by atoms with Gasteiger partial charge >= 0.3 is 0 Å². The summed E-state index contributed by atoms with van der Waals surface area (Å²) in [6.45, 7) is 3.62. The first kappa shape index (κ1) is 14.8. The van der Waals surface area contributed by atoms with Crippen LogP contribution in [0.5, 0.6) is 0 Å². The first-order valence-electron chi connectivity index (χ1n) is 6.65. The Balaban J connectivity index is 2.35. The molecule has 0 aliphatic heterocycles. The van der Waals surface area contributed by atoms with Crippen molar-refractivity contribution in [2.45, 2.75) is 18.4 Å². The molecule has 0 fully saturated rings. The van der Waals surface area contributed by atoms with Crippen molar-refractivity contribution in [3.8, 4) is 0 Å². The molecule has 5 heteroatoms. The summed E-state index contributed by atoms with van der Waals surface area (Å²) in [4.78, 5) is 10.8. The molecule has 0 saturated carbocycles. The molecule has 1 aromatic heterocycles. The molecule has 106 valence electrons. The van der Waals surface area contributed by atoms with Crippen molar-refractivity contribution < 1.29 is 0 Å². The van der Waals surface area contributed by atoms with Crippen molar-refractivity contribution in [2.24, 2.45) is 5.73 Å². The van der Waals surface area contributed by atoms with Crippen molar-refractivity contribution in [1.82, 2.24) is 9.97 Å². The quantitative estimate of drug-likeness (QED) is 0.654. The maximum atomic E-state index is 5.66. The minimum absolute atomic E-state index is 0.669. The van der Waals surface area contributed by atoms with Crippen LogP contribution < -0.4 is 10.6 Å². The molecule has 0 atom stereocenters. The molecular formula is C15H20N4S. The van der Waals surface area contributed by atoms with E-state index in [1.54, 1.807) is 18.1 Å². The van der Waals surface area contributed by atoms with Crippen LogP contribution in [0.1, 0.15) is 12.0 Å². The highest BCUT2D eigenvalue weighted by atomic mass is 32.2. The van der Waals surface area contributed by atoms with Gasteiger partial charge in [-0.3, -0.25) is 0 Å². The number of aromatic nitrogens is 2. The zero-order chi connectivity index (χ0) is 14.4. The second-order valence-electron chi connectivity index (χ2n) is 4.55. The largest absolute Gasteiger partial charge is 0.330 e. The summed E-state index contributed by atoms with van der Waals surface area (Å²) in [7, 11) is 0. The summed E-state index contributed by atoms with van der Waals surface area (Å²) in [5.41, 5.74) is 8.03. The predicted molar refractivity (Wildman–Crippen MR) is 85.7 cm³/mol. The minimum Gasteiger partial charge on any atom is -0.330 e. The fourth-order valence-corrected chi connectivity index (χ4v) is 2.39. The lowest BCUT2D eigenvalue weighted by molar-refractivity contribution is 0.805. The molecule has 20 heavy (non-hydrogen) atoms. The molecule has 2 rings (SSSR count). The number of thioether (sulfide) groups is 1. The zero-order valence-electron chi connectivity index (χ0n) is 11.9. The van der Waals surface area contributed by atoms with Gasteiger partial charge in [-0.05, 0) is 43.8 Å². The molecule has 0 aliphatic rings. The van der Waals surface area contributed by atoms with Crippen LogP contribution in [0.3, 0.4) is 0 Å². The molecule has 0 radical (unpaired) electrons. The summed E-state index contributed by atoms with van der Waals surface area (Å²) < 4.78 is 0. The number of hydrogen-bond donors (Lipinski definition) is 1. The van der Waals surface area contributed by atoms with E-state index in [2.05, 4.69) is 46.1 Å². The van der Waals surface area contributed by atoms with Gasteiger partial charge in [0.15, 0.2) is 0 Å². The lowest BCUT2D eigenvalue weighted by Crippen LogP contribution is -2.22. The van der Waals surface area contributed by atoms with E-state index in [9.17, 15) is 0 Å². The van der Waals surface area contributed by atoms with Gasteiger partial charge in [0.2, 0.25) is 0 Å². The number of rotatable bonds is 6. The monoisotopic (exact) mass is 288 g/mol. The minimum atomic E-state index is 0.669. The van der Waals surface area contributed by atoms with Gasteiger partial charge in [-0.15, -0.1) is 11.8 Å². The second kappa shape index (κ2) is 7.26. The standard InChI is InChI=1S/C15H20N4S/c1-12-5-3-6-13(9-12)19(8-4-7-16)14-10-15(20-2)18-11-17-14/h3,5-6,9-11H,4,7-8,16H2,1-2H3. The summed E-state index contributed by atoms with van der Waals surface area (Å²) in [5.74, 6) is 0.920. The molecular weight excluding hydrogens is 268 g/mol. The highest BCUT2D eigenvalue weighted by Crippen LogP contribution is 2.26. The summed E-state index contributed by atoms with van der Waals surface area (Å²) in [6, 6.07) is 10.4. The topological polar surface area (TPSA) is 55.0 Å². The van der Waals surface area contributed by atoms with Gasteiger partial charge in [0.25, 0.3) is 0 Å². The van der Waals surface area contributed by atoms with E-state index < -0.39 is 0 Å². The molecule has 0 aliphatic carbocycles. The molecule has 2 aromatic rings. The molecule has 1 aromatic carbocycles. The molecule has 0 saturated heterocycles. The normalized spacial score (nSPS) is 10.6. The van der Waals surface area contributed by atoms with Crippen molar-refractivity contribution in [1.29, 1.82) is 0 Å². The fourth-order valence-electron chi connectivity index (χ4n) is 2.01. The van der Waals surface area contributed by atoms with Crippen molar-refractivity contribution >= 4 is 23.3 Å². The Labute approximate surface area is 124 Å². The molecule has 2 N–H and O–H groups in total. The van der Waals surface area contributed by atoms with E-state index in [-0.39, 0.29) is 0 Å². The Morgan fingerprint density at radius 3 is 2.80 bits per heavy atom. The van der Waals surface area contributed by atoms with Crippen LogP contribution in [0.2, 0.25) is 0 Å². The number of benzene rings is 1. The molecule has 1 heterocycles. The van der Waals surface area contributed by atoms with Gasteiger partial charge in [0.05, 0.1) is 0 Å². The van der Waals surface area contributed by atoms with Gasteiger partial charge in [0, 0.05) is 18.3 Å². The first-order valence-corrected chi connectivity index (χ1v) is 7.87. The van der Waals surface area contributed by atoms with Crippen LogP contribution in [-0.4, -0.2) is 29.3 Å².